The molecule has 1 heterocycles. The van der Waals surface area contributed by atoms with Gasteiger partial charge in [-0.1, -0.05) is 31.2 Å². The quantitative estimate of drug-likeness (QED) is 0.591. The summed E-state index contributed by atoms with van der Waals surface area (Å²) in [6.07, 6.45) is 3.46. The number of urea groups is 1. The molecule has 6 heteroatoms. The summed E-state index contributed by atoms with van der Waals surface area (Å²) >= 11 is 0. The molecule has 2 aromatic rings. The van der Waals surface area contributed by atoms with E-state index in [1.807, 2.05) is 43.3 Å². The number of likely N-dealkylation sites (tertiary alicyclic amines) is 1. The van der Waals surface area contributed by atoms with E-state index >= 15 is 0 Å². The van der Waals surface area contributed by atoms with Crippen molar-refractivity contribution in [3.05, 3.63) is 59.7 Å². The van der Waals surface area contributed by atoms with Gasteiger partial charge in [-0.15, -0.1) is 0 Å². The molecule has 0 bridgehead atoms. The fourth-order valence-electron chi connectivity index (χ4n) is 3.58. The van der Waals surface area contributed by atoms with Crippen molar-refractivity contribution in [2.45, 2.75) is 33.1 Å². The van der Waals surface area contributed by atoms with E-state index in [0.29, 0.717) is 17.8 Å². The zero-order valence-corrected chi connectivity index (χ0v) is 17.9. The Morgan fingerprint density at radius 3 is 2.50 bits per heavy atom. The van der Waals surface area contributed by atoms with Gasteiger partial charge < -0.3 is 20.9 Å². The van der Waals surface area contributed by atoms with E-state index in [1.54, 1.807) is 12.1 Å². The van der Waals surface area contributed by atoms with Crippen molar-refractivity contribution in [1.82, 2.24) is 10.2 Å². The molecule has 30 heavy (non-hydrogen) atoms. The molecule has 1 saturated heterocycles. The van der Waals surface area contributed by atoms with Gasteiger partial charge >= 0.3 is 6.03 Å². The molecule has 0 spiro atoms. The lowest BCUT2D eigenvalue weighted by molar-refractivity contribution is 0.102. The van der Waals surface area contributed by atoms with Crippen LogP contribution >= 0.6 is 0 Å². The maximum Gasteiger partial charge on any atom is 0.319 e. The summed E-state index contributed by atoms with van der Waals surface area (Å²) in [7, 11) is 0. The monoisotopic (exact) mass is 408 g/mol. The lowest BCUT2D eigenvalue weighted by atomic mass is 9.99. The number of carbonyl (C=O) groups is 2. The summed E-state index contributed by atoms with van der Waals surface area (Å²) in [5.74, 6) is 0.624. The maximum atomic E-state index is 12.5. The predicted molar refractivity (Wildman–Crippen MR) is 122 cm³/mol. The second-order valence-corrected chi connectivity index (χ2v) is 8.11. The number of rotatable bonds is 7. The van der Waals surface area contributed by atoms with Crippen LogP contribution in [0.2, 0.25) is 0 Å². The third-order valence-electron chi connectivity index (χ3n) is 5.59. The number of para-hydroxylation sites is 1. The Kier molecular flexibility index (Phi) is 7.85. The molecule has 2 aromatic carbocycles. The van der Waals surface area contributed by atoms with Crippen LogP contribution in [0.1, 0.15) is 42.1 Å². The molecule has 160 valence electrons. The van der Waals surface area contributed by atoms with Crippen LogP contribution in [0.25, 0.3) is 0 Å². The Bertz CT molecular complexity index is 846. The van der Waals surface area contributed by atoms with E-state index in [0.717, 1.165) is 43.2 Å². The first-order valence-corrected chi connectivity index (χ1v) is 10.8. The van der Waals surface area contributed by atoms with E-state index in [-0.39, 0.29) is 11.9 Å². The first-order valence-electron chi connectivity index (χ1n) is 10.8. The molecular formula is C24H32N4O2. The summed E-state index contributed by atoms with van der Waals surface area (Å²) in [6.45, 7) is 8.18. The zero-order chi connectivity index (χ0) is 21.3. The van der Waals surface area contributed by atoms with Crippen molar-refractivity contribution in [1.29, 1.82) is 0 Å². The van der Waals surface area contributed by atoms with Gasteiger partial charge in [-0.25, -0.2) is 4.79 Å². The van der Waals surface area contributed by atoms with Crippen LogP contribution in [0.4, 0.5) is 16.2 Å². The molecule has 1 fully saturated rings. The number of carbonyl (C=O) groups excluding carboxylic acids is 2. The third-order valence-corrected chi connectivity index (χ3v) is 5.59. The number of amides is 3. The molecule has 6 nitrogen and oxygen atoms in total. The molecule has 0 radical (unpaired) electrons. The summed E-state index contributed by atoms with van der Waals surface area (Å²) in [4.78, 5) is 27.3. The van der Waals surface area contributed by atoms with E-state index < -0.39 is 0 Å². The minimum absolute atomic E-state index is 0.208. The molecular weight excluding hydrogens is 376 g/mol. The van der Waals surface area contributed by atoms with Crippen molar-refractivity contribution in [2.75, 3.05) is 36.8 Å². The molecule has 0 aromatic heterocycles. The summed E-state index contributed by atoms with van der Waals surface area (Å²) in [5, 5.41) is 8.65. The Hall–Kier alpha value is -2.86. The van der Waals surface area contributed by atoms with Crippen molar-refractivity contribution >= 4 is 23.3 Å². The maximum absolute atomic E-state index is 12.5. The van der Waals surface area contributed by atoms with Gasteiger partial charge in [0.1, 0.15) is 0 Å². The summed E-state index contributed by atoms with van der Waals surface area (Å²) in [5.41, 5.74) is 2.78. The standard InChI is InChI=1S/C24H32N4O2/c1-18-11-15-28(16-12-18)14-6-13-25-24(30)27-22-17-20(10-9-19(22)2)23(29)26-21-7-4-3-5-8-21/h3-5,7-10,17-18H,6,11-16H2,1-2H3,(H,26,29)(H2,25,27,30). The highest BCUT2D eigenvalue weighted by Gasteiger charge is 2.15. The first kappa shape index (κ1) is 21.8. The Morgan fingerprint density at radius 2 is 1.77 bits per heavy atom. The highest BCUT2D eigenvalue weighted by molar-refractivity contribution is 6.05. The number of piperidine rings is 1. The highest BCUT2D eigenvalue weighted by atomic mass is 16.2. The summed E-state index contributed by atoms with van der Waals surface area (Å²) < 4.78 is 0. The molecule has 1 aliphatic heterocycles. The van der Waals surface area contributed by atoms with E-state index in [2.05, 4.69) is 27.8 Å². The number of anilines is 2. The Balaban J connectivity index is 1.46. The number of nitrogens with zero attached hydrogens (tertiary/aromatic N) is 1. The Morgan fingerprint density at radius 1 is 1.03 bits per heavy atom. The number of aryl methyl sites for hydroxylation is 1. The molecule has 0 unspecified atom stereocenters. The molecule has 1 aliphatic rings. The van der Waals surface area contributed by atoms with Crippen molar-refractivity contribution < 1.29 is 9.59 Å². The van der Waals surface area contributed by atoms with Crippen LogP contribution in [0.5, 0.6) is 0 Å². The number of benzene rings is 2. The fraction of sp³-hybridized carbons (Fsp3) is 0.417. The van der Waals surface area contributed by atoms with E-state index in [9.17, 15) is 9.59 Å². The summed E-state index contributed by atoms with van der Waals surface area (Å²) in [6, 6.07) is 14.4. The number of hydrogen-bond acceptors (Lipinski definition) is 3. The molecule has 0 aliphatic carbocycles. The van der Waals surface area contributed by atoms with Crippen molar-refractivity contribution in [3.63, 3.8) is 0 Å². The van der Waals surface area contributed by atoms with Crippen LogP contribution in [-0.2, 0) is 0 Å². The van der Waals surface area contributed by atoms with Crippen LogP contribution in [0, 0.1) is 12.8 Å². The van der Waals surface area contributed by atoms with E-state index in [4.69, 9.17) is 0 Å². The van der Waals surface area contributed by atoms with Gasteiger partial charge in [-0.05, 0) is 81.6 Å². The second-order valence-electron chi connectivity index (χ2n) is 8.11. The lowest BCUT2D eigenvalue weighted by Crippen LogP contribution is -2.36. The first-order chi connectivity index (χ1) is 14.5. The average molecular weight is 409 g/mol. The molecule has 0 saturated carbocycles. The molecule has 3 rings (SSSR count). The largest absolute Gasteiger partial charge is 0.338 e. The molecule has 3 N–H and O–H groups in total. The number of nitrogens with one attached hydrogen (secondary N) is 3. The van der Waals surface area contributed by atoms with Crippen LogP contribution in [0.15, 0.2) is 48.5 Å². The average Bonchev–Trinajstić information content (AvgIpc) is 2.75. The Labute approximate surface area is 179 Å². The second kappa shape index (κ2) is 10.8. The van der Waals surface area contributed by atoms with Crippen molar-refractivity contribution in [3.8, 4) is 0 Å². The SMILES string of the molecule is Cc1ccc(C(=O)Nc2ccccc2)cc1NC(=O)NCCCN1CCC(C)CC1. The smallest absolute Gasteiger partial charge is 0.319 e. The predicted octanol–water partition coefficient (Wildman–Crippen LogP) is 4.49. The highest BCUT2D eigenvalue weighted by Crippen LogP contribution is 2.18. The van der Waals surface area contributed by atoms with Gasteiger partial charge in [0.25, 0.3) is 5.91 Å². The van der Waals surface area contributed by atoms with Gasteiger partial charge in [0.05, 0.1) is 0 Å². The normalized spacial score (nSPS) is 14.9. The van der Waals surface area contributed by atoms with Gasteiger partial charge in [0.15, 0.2) is 0 Å². The van der Waals surface area contributed by atoms with Crippen LogP contribution in [-0.4, -0.2) is 43.0 Å². The van der Waals surface area contributed by atoms with Gasteiger partial charge in [-0.2, -0.15) is 0 Å². The van der Waals surface area contributed by atoms with Crippen molar-refractivity contribution in [2.24, 2.45) is 5.92 Å². The minimum Gasteiger partial charge on any atom is -0.338 e. The third kappa shape index (κ3) is 6.59. The van der Waals surface area contributed by atoms with Gasteiger partial charge in [-0.3, -0.25) is 4.79 Å². The fourth-order valence-corrected chi connectivity index (χ4v) is 3.58. The van der Waals surface area contributed by atoms with E-state index in [1.165, 1.54) is 12.8 Å². The molecule has 0 atom stereocenters. The van der Waals surface area contributed by atoms with Gasteiger partial charge in [0.2, 0.25) is 0 Å². The van der Waals surface area contributed by atoms with Crippen LogP contribution < -0.4 is 16.0 Å². The molecule has 3 amide bonds. The lowest BCUT2D eigenvalue weighted by Gasteiger charge is -2.30. The zero-order valence-electron chi connectivity index (χ0n) is 17.9. The van der Waals surface area contributed by atoms with Gasteiger partial charge in [0, 0.05) is 23.5 Å². The van der Waals surface area contributed by atoms with Crippen LogP contribution in [0.3, 0.4) is 0 Å². The minimum atomic E-state index is -0.244. The number of hydrogen-bond donors (Lipinski definition) is 3. The topological polar surface area (TPSA) is 73.5 Å².